The highest BCUT2D eigenvalue weighted by Crippen LogP contribution is 2.26. The minimum atomic E-state index is 0.625. The molecule has 1 aromatic heterocycles. The van der Waals surface area contributed by atoms with Crippen molar-refractivity contribution in [2.45, 2.75) is 19.3 Å². The maximum atomic E-state index is 6.24. The molecule has 0 saturated carbocycles. The highest BCUT2D eigenvalue weighted by atomic mass is 35.5. The zero-order valence-electron chi connectivity index (χ0n) is 11.5. The number of unbranched alkanes of at least 4 members (excludes halogenated alkanes) is 2. The highest BCUT2D eigenvalue weighted by molar-refractivity contribution is 6.35. The Kier molecular flexibility index (Phi) is 4.38. The molecular weight excluding hydrogens is 272 g/mol. The maximum Gasteiger partial charge on any atom is 0.215 e. The van der Waals surface area contributed by atoms with Crippen LogP contribution in [-0.4, -0.2) is 36.1 Å². The Morgan fingerprint density at radius 2 is 2.00 bits per heavy atom. The second-order valence-corrected chi connectivity index (χ2v) is 5.62. The van der Waals surface area contributed by atoms with Gasteiger partial charge in [0, 0.05) is 24.5 Å². The van der Waals surface area contributed by atoms with Crippen LogP contribution in [0.25, 0.3) is 10.9 Å². The number of rotatable bonds is 7. The maximum absolute atomic E-state index is 6.24. The summed E-state index contributed by atoms with van der Waals surface area (Å²) in [6.07, 6.45) is 3.53. The lowest BCUT2D eigenvalue weighted by Gasteiger charge is -2.07. The van der Waals surface area contributed by atoms with E-state index in [1.165, 1.54) is 32.5 Å². The summed E-state index contributed by atoms with van der Waals surface area (Å²) in [5.41, 5.74) is 0.886. The first-order valence-electron chi connectivity index (χ1n) is 7.23. The van der Waals surface area contributed by atoms with Gasteiger partial charge in [-0.25, -0.2) is 4.98 Å². The van der Waals surface area contributed by atoms with E-state index >= 15 is 0 Å². The zero-order valence-corrected chi connectivity index (χ0v) is 12.3. The topological polar surface area (TPSA) is 25.1 Å². The van der Waals surface area contributed by atoms with Crippen molar-refractivity contribution in [1.82, 2.24) is 9.88 Å². The summed E-state index contributed by atoms with van der Waals surface area (Å²) in [6.45, 7) is 4.52. The SMILES string of the molecule is Clc1cc(OCCCCCN2CC2)nc2ccccc12. The van der Waals surface area contributed by atoms with Crippen LogP contribution in [0.2, 0.25) is 5.02 Å². The van der Waals surface area contributed by atoms with Crippen LogP contribution in [-0.2, 0) is 0 Å². The summed E-state index contributed by atoms with van der Waals surface area (Å²) in [7, 11) is 0. The molecule has 0 radical (unpaired) electrons. The lowest BCUT2D eigenvalue weighted by Crippen LogP contribution is -2.02. The fourth-order valence-electron chi connectivity index (χ4n) is 2.27. The van der Waals surface area contributed by atoms with Gasteiger partial charge >= 0.3 is 0 Å². The van der Waals surface area contributed by atoms with Gasteiger partial charge in [0.1, 0.15) is 0 Å². The number of aromatic nitrogens is 1. The molecule has 4 heteroatoms. The molecule has 3 nitrogen and oxygen atoms in total. The van der Waals surface area contributed by atoms with Gasteiger partial charge in [-0.3, -0.25) is 0 Å². The number of ether oxygens (including phenoxy) is 1. The van der Waals surface area contributed by atoms with E-state index in [1.54, 1.807) is 6.07 Å². The minimum Gasteiger partial charge on any atom is -0.478 e. The van der Waals surface area contributed by atoms with Crippen LogP contribution in [0.4, 0.5) is 0 Å². The molecule has 2 heterocycles. The molecule has 0 amide bonds. The van der Waals surface area contributed by atoms with Gasteiger partial charge in [-0.15, -0.1) is 0 Å². The first kappa shape index (κ1) is 13.7. The summed E-state index contributed by atoms with van der Waals surface area (Å²) in [4.78, 5) is 6.93. The predicted molar refractivity (Wildman–Crippen MR) is 82.5 cm³/mol. The van der Waals surface area contributed by atoms with Crippen LogP contribution >= 0.6 is 11.6 Å². The number of benzene rings is 1. The molecule has 0 bridgehead atoms. The Balaban J connectivity index is 1.49. The average Bonchev–Trinajstić information content (AvgIpc) is 3.27. The van der Waals surface area contributed by atoms with Crippen molar-refractivity contribution in [3.63, 3.8) is 0 Å². The number of halogens is 1. The molecule has 1 fully saturated rings. The average molecular weight is 291 g/mol. The fourth-order valence-corrected chi connectivity index (χ4v) is 2.52. The molecule has 1 aliphatic heterocycles. The van der Waals surface area contributed by atoms with Crippen molar-refractivity contribution in [3.8, 4) is 5.88 Å². The van der Waals surface area contributed by atoms with Crippen molar-refractivity contribution in [3.05, 3.63) is 35.4 Å². The largest absolute Gasteiger partial charge is 0.478 e. The number of hydrogen-bond acceptors (Lipinski definition) is 3. The fraction of sp³-hybridized carbons (Fsp3) is 0.438. The normalized spacial score (nSPS) is 14.7. The summed E-state index contributed by atoms with van der Waals surface area (Å²) < 4.78 is 5.71. The lowest BCUT2D eigenvalue weighted by molar-refractivity contribution is 0.293. The Bertz CT molecular complexity index is 584. The van der Waals surface area contributed by atoms with Crippen LogP contribution < -0.4 is 4.74 Å². The number of para-hydroxylation sites is 1. The van der Waals surface area contributed by atoms with Crippen LogP contribution in [0, 0.1) is 0 Å². The molecule has 1 saturated heterocycles. The zero-order chi connectivity index (χ0) is 13.8. The van der Waals surface area contributed by atoms with Crippen molar-refractivity contribution >= 4 is 22.5 Å². The molecule has 2 aromatic rings. The van der Waals surface area contributed by atoms with E-state index in [0.717, 1.165) is 17.3 Å². The van der Waals surface area contributed by atoms with Crippen LogP contribution in [0.1, 0.15) is 19.3 Å². The van der Waals surface area contributed by atoms with E-state index in [-0.39, 0.29) is 0 Å². The monoisotopic (exact) mass is 290 g/mol. The lowest BCUT2D eigenvalue weighted by atomic mass is 10.2. The summed E-state index contributed by atoms with van der Waals surface area (Å²) >= 11 is 6.24. The van der Waals surface area contributed by atoms with Gasteiger partial charge in [0.05, 0.1) is 17.1 Å². The van der Waals surface area contributed by atoms with Crippen molar-refractivity contribution in [2.24, 2.45) is 0 Å². The number of fused-ring (bicyclic) bond motifs is 1. The first-order chi connectivity index (χ1) is 9.83. The number of pyridine rings is 1. The smallest absolute Gasteiger partial charge is 0.215 e. The van der Waals surface area contributed by atoms with E-state index < -0.39 is 0 Å². The van der Waals surface area contributed by atoms with Crippen LogP contribution in [0.3, 0.4) is 0 Å². The quantitative estimate of drug-likeness (QED) is 0.573. The Morgan fingerprint density at radius 3 is 2.85 bits per heavy atom. The third kappa shape index (κ3) is 3.62. The molecule has 0 spiro atoms. The van der Waals surface area contributed by atoms with Gasteiger partial charge < -0.3 is 9.64 Å². The van der Waals surface area contributed by atoms with E-state index in [4.69, 9.17) is 16.3 Å². The summed E-state index contributed by atoms with van der Waals surface area (Å²) in [5.74, 6) is 0.625. The van der Waals surface area contributed by atoms with E-state index in [2.05, 4.69) is 9.88 Å². The Morgan fingerprint density at radius 1 is 1.15 bits per heavy atom. The van der Waals surface area contributed by atoms with Crippen molar-refractivity contribution in [1.29, 1.82) is 0 Å². The van der Waals surface area contributed by atoms with E-state index in [9.17, 15) is 0 Å². The second-order valence-electron chi connectivity index (χ2n) is 5.21. The molecule has 0 atom stereocenters. The summed E-state index contributed by atoms with van der Waals surface area (Å²) in [6, 6.07) is 9.66. The van der Waals surface area contributed by atoms with Crippen molar-refractivity contribution < 1.29 is 4.74 Å². The van der Waals surface area contributed by atoms with Gasteiger partial charge in [0.2, 0.25) is 5.88 Å². The molecular formula is C16H19ClN2O. The van der Waals surface area contributed by atoms with Crippen molar-refractivity contribution in [2.75, 3.05) is 26.2 Å². The van der Waals surface area contributed by atoms with Gasteiger partial charge in [0.15, 0.2) is 0 Å². The van der Waals surface area contributed by atoms with Crippen LogP contribution in [0.15, 0.2) is 30.3 Å². The van der Waals surface area contributed by atoms with E-state index in [0.29, 0.717) is 17.5 Å². The molecule has 1 aromatic carbocycles. The second kappa shape index (κ2) is 6.42. The van der Waals surface area contributed by atoms with Gasteiger partial charge in [-0.1, -0.05) is 29.8 Å². The molecule has 20 heavy (non-hydrogen) atoms. The molecule has 0 N–H and O–H groups in total. The standard InChI is InChI=1S/C16H19ClN2O/c17-14-12-16(18-15-7-3-2-6-13(14)15)20-11-5-1-4-8-19-9-10-19/h2-3,6-7,12H,1,4-5,8-11H2. The predicted octanol–water partition coefficient (Wildman–Crippen LogP) is 3.75. The van der Waals surface area contributed by atoms with Gasteiger partial charge in [-0.2, -0.15) is 0 Å². The first-order valence-corrected chi connectivity index (χ1v) is 7.61. The molecule has 0 aliphatic carbocycles. The van der Waals surface area contributed by atoms with Gasteiger partial charge in [-0.05, 0) is 31.9 Å². The number of hydrogen-bond donors (Lipinski definition) is 0. The molecule has 106 valence electrons. The minimum absolute atomic E-state index is 0.625. The van der Waals surface area contributed by atoms with Gasteiger partial charge in [0.25, 0.3) is 0 Å². The Hall–Kier alpha value is -1.32. The molecule has 3 rings (SSSR count). The van der Waals surface area contributed by atoms with Crippen LogP contribution in [0.5, 0.6) is 5.88 Å². The highest BCUT2D eigenvalue weighted by Gasteiger charge is 2.15. The Labute approximate surface area is 124 Å². The number of nitrogens with zero attached hydrogens (tertiary/aromatic N) is 2. The third-order valence-electron chi connectivity index (χ3n) is 3.55. The summed E-state index contributed by atoms with van der Waals surface area (Å²) in [5, 5.41) is 1.67. The van der Waals surface area contributed by atoms with E-state index in [1.807, 2.05) is 24.3 Å². The third-order valence-corrected chi connectivity index (χ3v) is 3.86. The molecule has 1 aliphatic rings. The molecule has 0 unspecified atom stereocenters.